The SMILES string of the molecule is Cc1cc(C)n(CCCNc2nccn2C2CCCC2)n1. The van der Waals surface area contributed by atoms with Crippen LogP contribution in [0.3, 0.4) is 0 Å². The minimum atomic E-state index is 0.644. The molecule has 5 nitrogen and oxygen atoms in total. The highest BCUT2D eigenvalue weighted by Crippen LogP contribution is 2.31. The molecule has 2 aromatic heterocycles. The smallest absolute Gasteiger partial charge is 0.203 e. The molecule has 1 fully saturated rings. The average molecular weight is 287 g/mol. The van der Waals surface area contributed by atoms with Gasteiger partial charge in [0.25, 0.3) is 0 Å². The van der Waals surface area contributed by atoms with Gasteiger partial charge in [-0.1, -0.05) is 12.8 Å². The first-order chi connectivity index (χ1) is 10.2. The summed E-state index contributed by atoms with van der Waals surface area (Å²) in [4.78, 5) is 4.46. The van der Waals surface area contributed by atoms with E-state index in [1.54, 1.807) is 0 Å². The molecule has 1 N–H and O–H groups in total. The fourth-order valence-electron chi connectivity index (χ4n) is 3.26. The molecule has 0 aromatic carbocycles. The highest BCUT2D eigenvalue weighted by molar-refractivity contribution is 5.26. The maximum Gasteiger partial charge on any atom is 0.203 e. The van der Waals surface area contributed by atoms with Crippen molar-refractivity contribution in [2.24, 2.45) is 0 Å². The van der Waals surface area contributed by atoms with Crippen LogP contribution in [0.15, 0.2) is 18.5 Å². The zero-order valence-electron chi connectivity index (χ0n) is 13.0. The number of imidazole rings is 1. The van der Waals surface area contributed by atoms with E-state index in [1.165, 1.54) is 31.4 Å². The largest absolute Gasteiger partial charge is 0.356 e. The van der Waals surface area contributed by atoms with Gasteiger partial charge in [-0.05, 0) is 39.2 Å². The number of nitrogens with zero attached hydrogens (tertiary/aromatic N) is 4. The summed E-state index contributed by atoms with van der Waals surface area (Å²) in [6.45, 7) is 6.04. The molecule has 0 atom stereocenters. The monoisotopic (exact) mass is 287 g/mol. The maximum absolute atomic E-state index is 4.49. The van der Waals surface area contributed by atoms with E-state index in [2.05, 4.69) is 43.8 Å². The van der Waals surface area contributed by atoms with Gasteiger partial charge in [0.05, 0.1) is 5.69 Å². The molecule has 0 saturated heterocycles. The molecule has 2 heterocycles. The number of hydrogen-bond donors (Lipinski definition) is 1. The van der Waals surface area contributed by atoms with E-state index >= 15 is 0 Å². The summed E-state index contributed by atoms with van der Waals surface area (Å²) in [5.41, 5.74) is 2.33. The van der Waals surface area contributed by atoms with E-state index < -0.39 is 0 Å². The van der Waals surface area contributed by atoms with Crippen LogP contribution >= 0.6 is 0 Å². The third-order valence-corrected chi connectivity index (χ3v) is 4.32. The minimum Gasteiger partial charge on any atom is -0.356 e. The predicted molar refractivity (Wildman–Crippen MR) is 84.5 cm³/mol. The van der Waals surface area contributed by atoms with Crippen molar-refractivity contribution in [2.75, 3.05) is 11.9 Å². The Labute approximate surface area is 126 Å². The van der Waals surface area contributed by atoms with Gasteiger partial charge < -0.3 is 9.88 Å². The van der Waals surface area contributed by atoms with E-state index in [-0.39, 0.29) is 0 Å². The number of hydrogen-bond acceptors (Lipinski definition) is 3. The van der Waals surface area contributed by atoms with Gasteiger partial charge >= 0.3 is 0 Å². The van der Waals surface area contributed by atoms with Crippen LogP contribution in [-0.4, -0.2) is 25.9 Å². The van der Waals surface area contributed by atoms with Crippen molar-refractivity contribution in [3.8, 4) is 0 Å². The molecule has 3 rings (SSSR count). The lowest BCUT2D eigenvalue weighted by Crippen LogP contribution is -2.13. The standard InChI is InChI=1S/C16H25N5/c1-13-12-14(2)21(19-13)10-5-8-17-16-18-9-11-20(16)15-6-3-4-7-15/h9,11-12,15H,3-8,10H2,1-2H3,(H,17,18). The van der Waals surface area contributed by atoms with Crippen LogP contribution < -0.4 is 5.32 Å². The fourth-order valence-corrected chi connectivity index (χ4v) is 3.26. The Morgan fingerprint density at radius 2 is 2.10 bits per heavy atom. The third kappa shape index (κ3) is 3.28. The third-order valence-electron chi connectivity index (χ3n) is 4.32. The molecular weight excluding hydrogens is 262 g/mol. The molecule has 1 aliphatic carbocycles. The molecule has 21 heavy (non-hydrogen) atoms. The van der Waals surface area contributed by atoms with Crippen molar-refractivity contribution in [3.05, 3.63) is 29.8 Å². The predicted octanol–water partition coefficient (Wildman–Crippen LogP) is 3.31. The topological polar surface area (TPSA) is 47.7 Å². The van der Waals surface area contributed by atoms with Gasteiger partial charge in [0.2, 0.25) is 5.95 Å². The summed E-state index contributed by atoms with van der Waals surface area (Å²) in [6, 6.07) is 2.77. The van der Waals surface area contributed by atoms with E-state index in [0.717, 1.165) is 31.2 Å². The van der Waals surface area contributed by atoms with Crippen LogP contribution in [0.25, 0.3) is 0 Å². The average Bonchev–Trinajstić information content (AvgIpc) is 3.15. The summed E-state index contributed by atoms with van der Waals surface area (Å²) in [7, 11) is 0. The molecule has 1 aliphatic rings. The van der Waals surface area contributed by atoms with Gasteiger partial charge in [-0.2, -0.15) is 5.10 Å². The summed E-state index contributed by atoms with van der Waals surface area (Å²) in [5.74, 6) is 1.02. The van der Waals surface area contributed by atoms with E-state index in [1.807, 2.05) is 13.1 Å². The molecule has 2 aromatic rings. The van der Waals surface area contributed by atoms with Crippen LogP contribution in [0.2, 0.25) is 0 Å². The van der Waals surface area contributed by atoms with Crippen molar-refractivity contribution >= 4 is 5.95 Å². The summed E-state index contributed by atoms with van der Waals surface area (Å²) in [5, 5.41) is 7.97. The van der Waals surface area contributed by atoms with Crippen molar-refractivity contribution in [1.29, 1.82) is 0 Å². The lowest BCUT2D eigenvalue weighted by atomic mass is 10.2. The summed E-state index contributed by atoms with van der Waals surface area (Å²) >= 11 is 0. The summed E-state index contributed by atoms with van der Waals surface area (Å²) in [6.07, 6.45) is 10.3. The molecule has 0 bridgehead atoms. The Hall–Kier alpha value is -1.78. The zero-order chi connectivity index (χ0) is 14.7. The molecule has 5 heteroatoms. The normalized spacial score (nSPS) is 15.7. The molecule has 0 unspecified atom stereocenters. The van der Waals surface area contributed by atoms with Gasteiger partial charge in [-0.25, -0.2) is 4.98 Å². The fraction of sp³-hybridized carbons (Fsp3) is 0.625. The Morgan fingerprint density at radius 3 is 2.81 bits per heavy atom. The number of aryl methyl sites for hydroxylation is 3. The van der Waals surface area contributed by atoms with Crippen molar-refractivity contribution in [1.82, 2.24) is 19.3 Å². The van der Waals surface area contributed by atoms with E-state index in [9.17, 15) is 0 Å². The number of anilines is 1. The van der Waals surface area contributed by atoms with Crippen LogP contribution in [-0.2, 0) is 6.54 Å². The van der Waals surface area contributed by atoms with Crippen molar-refractivity contribution in [3.63, 3.8) is 0 Å². The zero-order valence-corrected chi connectivity index (χ0v) is 13.0. The van der Waals surface area contributed by atoms with Crippen LogP contribution in [0.4, 0.5) is 5.95 Å². The van der Waals surface area contributed by atoms with Crippen molar-refractivity contribution in [2.45, 2.75) is 58.5 Å². The molecule has 0 amide bonds. The highest BCUT2D eigenvalue weighted by Gasteiger charge is 2.18. The Bertz CT molecular complexity index is 577. The first-order valence-electron chi connectivity index (χ1n) is 8.02. The second-order valence-corrected chi connectivity index (χ2v) is 6.03. The molecular formula is C16H25N5. The highest BCUT2D eigenvalue weighted by atomic mass is 15.3. The summed E-state index contributed by atoms with van der Waals surface area (Å²) < 4.78 is 4.40. The van der Waals surface area contributed by atoms with Crippen LogP contribution in [0.1, 0.15) is 49.5 Å². The molecule has 0 spiro atoms. The Kier molecular flexibility index (Phi) is 4.27. The quantitative estimate of drug-likeness (QED) is 0.829. The first kappa shape index (κ1) is 14.2. The number of aromatic nitrogens is 4. The molecule has 0 aliphatic heterocycles. The maximum atomic E-state index is 4.49. The Morgan fingerprint density at radius 1 is 1.29 bits per heavy atom. The van der Waals surface area contributed by atoms with Crippen LogP contribution in [0.5, 0.6) is 0 Å². The molecule has 1 saturated carbocycles. The van der Waals surface area contributed by atoms with E-state index in [0.29, 0.717) is 6.04 Å². The molecule has 0 radical (unpaired) electrons. The van der Waals surface area contributed by atoms with Crippen LogP contribution in [0, 0.1) is 13.8 Å². The number of nitrogens with one attached hydrogen (secondary N) is 1. The lowest BCUT2D eigenvalue weighted by Gasteiger charge is -2.15. The molecule has 114 valence electrons. The van der Waals surface area contributed by atoms with Gasteiger partial charge in [-0.15, -0.1) is 0 Å². The van der Waals surface area contributed by atoms with Gasteiger partial charge in [0, 0.05) is 37.2 Å². The van der Waals surface area contributed by atoms with Gasteiger partial charge in [0.1, 0.15) is 0 Å². The van der Waals surface area contributed by atoms with Crippen molar-refractivity contribution < 1.29 is 0 Å². The van der Waals surface area contributed by atoms with E-state index in [4.69, 9.17) is 0 Å². The first-order valence-corrected chi connectivity index (χ1v) is 8.02. The van der Waals surface area contributed by atoms with Gasteiger partial charge in [0.15, 0.2) is 0 Å². The van der Waals surface area contributed by atoms with Gasteiger partial charge in [-0.3, -0.25) is 4.68 Å². The number of rotatable bonds is 6. The Balaban J connectivity index is 1.49. The second kappa shape index (κ2) is 6.33. The lowest BCUT2D eigenvalue weighted by molar-refractivity contribution is 0.520. The minimum absolute atomic E-state index is 0.644. The second-order valence-electron chi connectivity index (χ2n) is 6.03.